The minimum atomic E-state index is -4.96. The molecule has 19 heteroatoms. The van der Waals surface area contributed by atoms with E-state index in [4.69, 9.17) is 37.0 Å². The number of hydrogen-bond donors (Lipinski definition) is 3. The van der Waals surface area contributed by atoms with Gasteiger partial charge in [0.25, 0.3) is 0 Å². The predicted molar refractivity (Wildman–Crippen MR) is 409 cm³/mol. The van der Waals surface area contributed by atoms with E-state index in [9.17, 15) is 43.2 Å². The average Bonchev–Trinajstić information content (AvgIpc) is 0.918. The molecule has 100 heavy (non-hydrogen) atoms. The van der Waals surface area contributed by atoms with Crippen LogP contribution in [0, 0.1) is 17.8 Å². The lowest BCUT2D eigenvalue weighted by Gasteiger charge is -2.21. The summed E-state index contributed by atoms with van der Waals surface area (Å²) in [6.45, 7) is 11.9. The van der Waals surface area contributed by atoms with Gasteiger partial charge in [0.1, 0.15) is 19.3 Å². The average molecular weight is 1470 g/mol. The fraction of sp³-hybridized carbons (Fsp3) is 0.951. The lowest BCUT2D eigenvalue weighted by atomic mass is 10.0. The van der Waals surface area contributed by atoms with E-state index in [-0.39, 0.29) is 25.7 Å². The van der Waals surface area contributed by atoms with Crippen LogP contribution in [0.1, 0.15) is 421 Å². The van der Waals surface area contributed by atoms with Gasteiger partial charge in [-0.1, -0.05) is 370 Å². The molecule has 0 aliphatic rings. The first-order valence-electron chi connectivity index (χ1n) is 41.8. The summed E-state index contributed by atoms with van der Waals surface area (Å²) < 4.78 is 68.7. The van der Waals surface area contributed by atoms with E-state index in [0.717, 1.165) is 108 Å². The highest BCUT2D eigenvalue weighted by Crippen LogP contribution is 2.45. The van der Waals surface area contributed by atoms with E-state index >= 15 is 0 Å². The topological polar surface area (TPSA) is 237 Å². The monoisotopic (exact) mass is 1470 g/mol. The first-order valence-corrected chi connectivity index (χ1v) is 44.8. The summed E-state index contributed by atoms with van der Waals surface area (Å²) in [5.74, 6) is 0.137. The third-order valence-corrected chi connectivity index (χ3v) is 20.8. The Kier molecular flexibility index (Phi) is 69.9. The Labute approximate surface area is 613 Å². The maximum atomic E-state index is 13.1. The van der Waals surface area contributed by atoms with Crippen LogP contribution in [-0.2, 0) is 65.4 Å². The van der Waals surface area contributed by atoms with Crippen LogP contribution in [0.15, 0.2) is 0 Å². The van der Waals surface area contributed by atoms with Crippen LogP contribution in [0.2, 0.25) is 0 Å². The highest BCUT2D eigenvalue weighted by molar-refractivity contribution is 7.47. The summed E-state index contributed by atoms with van der Waals surface area (Å²) in [5.41, 5.74) is 0. The number of unbranched alkanes of at least 4 members (excludes halogenated alkanes) is 47. The Morgan fingerprint density at radius 1 is 0.270 bits per heavy atom. The van der Waals surface area contributed by atoms with Gasteiger partial charge in [-0.15, -0.1) is 0 Å². The predicted octanol–water partition coefficient (Wildman–Crippen LogP) is 24.1. The van der Waals surface area contributed by atoms with E-state index in [1.54, 1.807) is 0 Å². The maximum Gasteiger partial charge on any atom is 0.472 e. The molecule has 0 fully saturated rings. The van der Waals surface area contributed by atoms with Crippen molar-refractivity contribution in [3.05, 3.63) is 0 Å². The first kappa shape index (κ1) is 98.1. The second kappa shape index (κ2) is 71.3. The van der Waals surface area contributed by atoms with Gasteiger partial charge in [-0.25, -0.2) is 9.13 Å². The van der Waals surface area contributed by atoms with Gasteiger partial charge in [-0.05, 0) is 43.4 Å². The molecule has 0 saturated heterocycles. The number of carbonyl (C=O) groups is 4. The highest BCUT2D eigenvalue weighted by Gasteiger charge is 2.30. The number of ether oxygens (including phenoxy) is 4. The summed E-state index contributed by atoms with van der Waals surface area (Å²) in [7, 11) is -9.92. The van der Waals surface area contributed by atoms with Crippen molar-refractivity contribution in [3.8, 4) is 0 Å². The van der Waals surface area contributed by atoms with Crippen LogP contribution in [0.25, 0.3) is 0 Å². The first-order chi connectivity index (χ1) is 48.2. The zero-order chi connectivity index (χ0) is 73.7. The van der Waals surface area contributed by atoms with Gasteiger partial charge in [-0.3, -0.25) is 37.3 Å². The second-order valence-electron chi connectivity index (χ2n) is 30.6. The third-order valence-electron chi connectivity index (χ3n) is 18.9. The van der Waals surface area contributed by atoms with Crippen molar-refractivity contribution in [1.29, 1.82) is 0 Å². The van der Waals surface area contributed by atoms with E-state index in [0.29, 0.717) is 25.7 Å². The molecule has 0 aliphatic carbocycles. The van der Waals surface area contributed by atoms with Crippen molar-refractivity contribution in [2.24, 2.45) is 17.8 Å². The Hall–Kier alpha value is -1.94. The van der Waals surface area contributed by atoms with Crippen molar-refractivity contribution in [1.82, 2.24) is 0 Å². The molecule has 0 rings (SSSR count). The van der Waals surface area contributed by atoms with Crippen LogP contribution >= 0.6 is 15.6 Å². The number of phosphoric acid groups is 2. The zero-order valence-electron chi connectivity index (χ0n) is 65.7. The molecular weight excluding hydrogens is 1310 g/mol. The molecule has 0 bridgehead atoms. The molecule has 0 aromatic carbocycles. The van der Waals surface area contributed by atoms with Gasteiger partial charge in [0, 0.05) is 25.7 Å². The molecule has 17 nitrogen and oxygen atoms in total. The highest BCUT2D eigenvalue weighted by atomic mass is 31.2. The lowest BCUT2D eigenvalue weighted by molar-refractivity contribution is -0.161. The summed E-state index contributed by atoms with van der Waals surface area (Å²) in [6, 6.07) is 0. The lowest BCUT2D eigenvalue weighted by Crippen LogP contribution is -2.30. The molecule has 2 unspecified atom stereocenters. The molecule has 0 amide bonds. The van der Waals surface area contributed by atoms with Gasteiger partial charge >= 0.3 is 39.5 Å². The van der Waals surface area contributed by atoms with Crippen LogP contribution in [0.4, 0.5) is 0 Å². The minimum absolute atomic E-state index is 0.104. The van der Waals surface area contributed by atoms with Crippen molar-refractivity contribution in [3.63, 3.8) is 0 Å². The van der Waals surface area contributed by atoms with Crippen LogP contribution in [-0.4, -0.2) is 96.7 Å². The molecule has 0 saturated carbocycles. The van der Waals surface area contributed by atoms with E-state index < -0.39 is 97.5 Å². The Bertz CT molecular complexity index is 1940. The summed E-state index contributed by atoms with van der Waals surface area (Å²) in [5, 5.41) is 10.6. The summed E-state index contributed by atoms with van der Waals surface area (Å²) >= 11 is 0. The maximum absolute atomic E-state index is 13.1. The molecule has 0 aromatic heterocycles. The summed E-state index contributed by atoms with van der Waals surface area (Å²) in [6.07, 6.45) is 59.9. The molecule has 0 heterocycles. The van der Waals surface area contributed by atoms with E-state index in [1.165, 1.54) is 231 Å². The fourth-order valence-electron chi connectivity index (χ4n) is 12.5. The molecule has 0 radical (unpaired) electrons. The van der Waals surface area contributed by atoms with Crippen LogP contribution < -0.4 is 0 Å². The van der Waals surface area contributed by atoms with Gasteiger partial charge in [0.2, 0.25) is 0 Å². The number of phosphoric ester groups is 2. The number of carbonyl (C=O) groups excluding carboxylic acids is 4. The van der Waals surface area contributed by atoms with E-state index in [1.807, 2.05) is 0 Å². The van der Waals surface area contributed by atoms with Gasteiger partial charge in [0.05, 0.1) is 26.4 Å². The summed E-state index contributed by atoms with van der Waals surface area (Å²) in [4.78, 5) is 73.0. The van der Waals surface area contributed by atoms with E-state index in [2.05, 4.69) is 48.5 Å². The SMILES string of the molecule is CCCCCCCCCCCCCCCCCCCCCCC(=O)O[C@H](COC(=O)CCCCCCCCCCCCCCCCCC(C)C)COP(=O)(O)OC[C@@H](O)COP(=O)(O)OC[C@@H](COC(=O)CCCCCCCCCCC(C)C)OC(=O)CCCCCCCCCCC(C)C. The van der Waals surface area contributed by atoms with Crippen molar-refractivity contribution >= 4 is 39.5 Å². The quantitative estimate of drug-likeness (QED) is 0.0222. The molecule has 5 atom stereocenters. The number of hydrogen-bond acceptors (Lipinski definition) is 15. The van der Waals surface area contributed by atoms with Gasteiger partial charge < -0.3 is 33.8 Å². The second-order valence-corrected chi connectivity index (χ2v) is 33.5. The Morgan fingerprint density at radius 3 is 0.680 bits per heavy atom. The molecular formula is C81H158O17P2. The van der Waals surface area contributed by atoms with Crippen LogP contribution in [0.5, 0.6) is 0 Å². The normalized spacial score (nSPS) is 14.0. The van der Waals surface area contributed by atoms with Gasteiger partial charge in [-0.2, -0.15) is 0 Å². The number of aliphatic hydroxyl groups is 1. The van der Waals surface area contributed by atoms with Crippen molar-refractivity contribution < 1.29 is 80.2 Å². The molecule has 0 aliphatic heterocycles. The zero-order valence-corrected chi connectivity index (χ0v) is 67.5. The van der Waals surface area contributed by atoms with Crippen molar-refractivity contribution in [2.45, 2.75) is 439 Å². The molecule has 0 spiro atoms. The number of aliphatic hydroxyl groups excluding tert-OH is 1. The third kappa shape index (κ3) is 74.3. The largest absolute Gasteiger partial charge is 0.472 e. The number of rotatable bonds is 79. The smallest absolute Gasteiger partial charge is 0.462 e. The number of esters is 4. The molecule has 0 aromatic rings. The molecule has 3 N–H and O–H groups in total. The minimum Gasteiger partial charge on any atom is -0.462 e. The van der Waals surface area contributed by atoms with Crippen LogP contribution in [0.3, 0.4) is 0 Å². The standard InChI is InChI=1S/C81H158O17P2/c1-8-9-10-11-12-13-14-15-16-17-18-19-20-23-27-30-33-43-50-57-64-80(85)97-76(68-91-78(83)62-55-48-41-32-29-26-24-21-22-25-28-31-38-45-52-59-72(2)3)70-95-99(87,88)93-66-75(82)67-94-100(89,90)96-71-77(98-81(86)65-58-51-44-37-35-40-47-54-61-74(6)7)69-92-79(84)63-56-49-42-36-34-39-46-53-60-73(4)5/h72-77,82H,8-71H2,1-7H3,(H,87,88)(H,89,90)/t75-,76-,77-/m1/s1. The molecule has 594 valence electrons. The Balaban J connectivity index is 5.22. The fourth-order valence-corrected chi connectivity index (χ4v) is 14.1. The van der Waals surface area contributed by atoms with Gasteiger partial charge in [0.15, 0.2) is 12.2 Å². The Morgan fingerprint density at radius 2 is 0.460 bits per heavy atom. The van der Waals surface area contributed by atoms with Crippen molar-refractivity contribution in [2.75, 3.05) is 39.6 Å².